The van der Waals surface area contributed by atoms with Crippen molar-refractivity contribution in [2.45, 2.75) is 70.7 Å². The predicted molar refractivity (Wildman–Crippen MR) is 158 cm³/mol. The minimum atomic E-state index is -0.703. The van der Waals surface area contributed by atoms with E-state index in [0.29, 0.717) is 13.0 Å². The average molecular weight is 581 g/mol. The van der Waals surface area contributed by atoms with Crippen molar-refractivity contribution in [1.82, 2.24) is 30.1 Å². The Kier molecular flexibility index (Phi) is 9.91. The van der Waals surface area contributed by atoms with Crippen LogP contribution >= 0.6 is 0 Å². The second-order valence-corrected chi connectivity index (χ2v) is 12.1. The third kappa shape index (κ3) is 7.02. The molecule has 4 heterocycles. The number of pyridine rings is 1. The standard InChI is InChI=1S/C31H44N6O5/c1-22(2)20-41-31(40)37-28-19-35(25-13-16-34(3)17-14-25)30(39)27(36(28)29(38)21-42-37)10-6-7-15-32-18-24-12-11-23-8-4-5-9-26(23)33-24/h4-5,8-9,11-12,22,25,27-28,32H,6-7,10,13-21H2,1-3H3/t27-,28-/m0/s1. The summed E-state index contributed by atoms with van der Waals surface area (Å²) in [6.45, 7) is 7.35. The number of fused-ring (bicyclic) bond motifs is 2. The molecule has 3 amide bonds. The molecule has 42 heavy (non-hydrogen) atoms. The highest BCUT2D eigenvalue weighted by Crippen LogP contribution is 2.31. The highest BCUT2D eigenvalue weighted by molar-refractivity contribution is 5.90. The zero-order chi connectivity index (χ0) is 29.6. The summed E-state index contributed by atoms with van der Waals surface area (Å²) in [7, 11) is 2.09. The fourth-order valence-corrected chi connectivity index (χ4v) is 6.07. The zero-order valence-electron chi connectivity index (χ0n) is 25.0. The summed E-state index contributed by atoms with van der Waals surface area (Å²) in [4.78, 5) is 56.2. The molecule has 3 aliphatic heterocycles. The summed E-state index contributed by atoms with van der Waals surface area (Å²) in [5.41, 5.74) is 1.96. The Hall–Kier alpha value is -3.28. The van der Waals surface area contributed by atoms with E-state index in [4.69, 9.17) is 14.6 Å². The summed E-state index contributed by atoms with van der Waals surface area (Å²) in [6.07, 6.45) is 2.52. The molecule has 1 aromatic heterocycles. The molecule has 2 atom stereocenters. The number of carbonyl (C=O) groups excluding carboxylic acids is 3. The number of benzene rings is 1. The quantitative estimate of drug-likeness (QED) is 0.428. The normalized spacial score (nSPS) is 22.2. The maximum Gasteiger partial charge on any atom is 0.436 e. The lowest BCUT2D eigenvalue weighted by atomic mass is 9.96. The highest BCUT2D eigenvalue weighted by atomic mass is 16.7. The van der Waals surface area contributed by atoms with E-state index >= 15 is 0 Å². The Labute approximate surface area is 248 Å². The van der Waals surface area contributed by atoms with Gasteiger partial charge in [-0.2, -0.15) is 5.06 Å². The van der Waals surface area contributed by atoms with Crippen LogP contribution in [0.2, 0.25) is 0 Å². The molecular formula is C31H44N6O5. The number of piperazine rings is 1. The number of amides is 3. The molecule has 1 N–H and O–H groups in total. The topological polar surface area (TPSA) is 108 Å². The Morgan fingerprint density at radius 2 is 1.90 bits per heavy atom. The van der Waals surface area contributed by atoms with Crippen LogP contribution in [-0.2, 0) is 25.7 Å². The fourth-order valence-electron chi connectivity index (χ4n) is 6.07. The first kappa shape index (κ1) is 30.2. The summed E-state index contributed by atoms with van der Waals surface area (Å²) in [5.74, 6) is -0.131. The van der Waals surface area contributed by atoms with Gasteiger partial charge in [-0.05, 0) is 76.8 Å². The number of unbranched alkanes of at least 4 members (excludes halogenated alkanes) is 1. The first-order valence-electron chi connectivity index (χ1n) is 15.3. The molecule has 3 saturated heterocycles. The van der Waals surface area contributed by atoms with Crippen molar-refractivity contribution < 1.29 is 24.0 Å². The predicted octanol–water partition coefficient (Wildman–Crippen LogP) is 2.99. The van der Waals surface area contributed by atoms with Crippen molar-refractivity contribution in [2.24, 2.45) is 5.92 Å². The first-order chi connectivity index (χ1) is 20.3. The molecule has 228 valence electrons. The van der Waals surface area contributed by atoms with Crippen LogP contribution in [0.1, 0.15) is 51.6 Å². The third-order valence-electron chi connectivity index (χ3n) is 8.36. The average Bonchev–Trinajstić information content (AvgIpc) is 2.99. The van der Waals surface area contributed by atoms with E-state index in [1.54, 1.807) is 4.90 Å². The van der Waals surface area contributed by atoms with Gasteiger partial charge in [-0.15, -0.1) is 0 Å². The van der Waals surface area contributed by atoms with E-state index in [9.17, 15) is 14.4 Å². The van der Waals surface area contributed by atoms with Gasteiger partial charge in [0.1, 0.15) is 6.04 Å². The number of piperidine rings is 1. The van der Waals surface area contributed by atoms with Crippen LogP contribution in [0.3, 0.4) is 0 Å². The van der Waals surface area contributed by atoms with Crippen molar-refractivity contribution in [2.75, 3.05) is 46.4 Å². The summed E-state index contributed by atoms with van der Waals surface area (Å²) in [5, 5.41) is 5.76. The van der Waals surface area contributed by atoms with Gasteiger partial charge in [-0.3, -0.25) is 19.4 Å². The van der Waals surface area contributed by atoms with Crippen LogP contribution in [0.4, 0.5) is 4.79 Å². The molecule has 11 nitrogen and oxygen atoms in total. The Bertz CT molecular complexity index is 1250. The van der Waals surface area contributed by atoms with Crippen molar-refractivity contribution in [3.05, 3.63) is 42.1 Å². The molecule has 0 bridgehead atoms. The Balaban J connectivity index is 1.22. The largest absolute Gasteiger partial charge is 0.448 e. The Morgan fingerprint density at radius 3 is 2.69 bits per heavy atom. The van der Waals surface area contributed by atoms with Gasteiger partial charge in [0.25, 0.3) is 5.91 Å². The SMILES string of the molecule is CC(C)COC(=O)N1OCC(=O)N2[C@@H]1CN(C1CCN(C)CC1)C(=O)[C@@H]2CCCCNCc1ccc2ccccc2n1. The molecule has 0 radical (unpaired) electrons. The number of nitrogens with zero attached hydrogens (tertiary/aromatic N) is 5. The lowest BCUT2D eigenvalue weighted by Gasteiger charge is -2.53. The van der Waals surface area contributed by atoms with Gasteiger partial charge >= 0.3 is 6.09 Å². The number of aromatic nitrogens is 1. The van der Waals surface area contributed by atoms with Crippen molar-refractivity contribution in [3.63, 3.8) is 0 Å². The van der Waals surface area contributed by atoms with Gasteiger partial charge in [-0.25, -0.2) is 4.79 Å². The van der Waals surface area contributed by atoms with Crippen molar-refractivity contribution in [1.29, 1.82) is 0 Å². The zero-order valence-corrected chi connectivity index (χ0v) is 25.0. The molecule has 0 saturated carbocycles. The fraction of sp³-hybridized carbons (Fsp3) is 0.613. The van der Waals surface area contributed by atoms with E-state index in [0.717, 1.165) is 61.9 Å². The van der Waals surface area contributed by atoms with Gasteiger partial charge in [-0.1, -0.05) is 38.1 Å². The van der Waals surface area contributed by atoms with Crippen LogP contribution in [0, 0.1) is 5.92 Å². The lowest BCUT2D eigenvalue weighted by molar-refractivity contribution is -0.245. The maximum atomic E-state index is 13.9. The van der Waals surface area contributed by atoms with E-state index in [1.165, 1.54) is 5.06 Å². The third-order valence-corrected chi connectivity index (χ3v) is 8.36. The molecular weight excluding hydrogens is 536 g/mol. The minimum absolute atomic E-state index is 0.0279. The smallest absolute Gasteiger partial charge is 0.436 e. The van der Waals surface area contributed by atoms with Gasteiger partial charge in [0.2, 0.25) is 5.91 Å². The number of carbonyl (C=O) groups is 3. The lowest BCUT2D eigenvalue weighted by Crippen LogP contribution is -2.73. The van der Waals surface area contributed by atoms with Crippen LogP contribution in [0.15, 0.2) is 36.4 Å². The van der Waals surface area contributed by atoms with E-state index < -0.39 is 18.3 Å². The second kappa shape index (κ2) is 13.8. The molecule has 11 heteroatoms. The monoisotopic (exact) mass is 580 g/mol. The van der Waals surface area contributed by atoms with Crippen molar-refractivity contribution >= 4 is 28.8 Å². The van der Waals surface area contributed by atoms with Crippen LogP contribution in [-0.4, -0.2) is 107 Å². The van der Waals surface area contributed by atoms with Crippen LogP contribution in [0.5, 0.6) is 0 Å². The van der Waals surface area contributed by atoms with Crippen LogP contribution in [0.25, 0.3) is 10.9 Å². The van der Waals surface area contributed by atoms with Gasteiger partial charge < -0.3 is 24.8 Å². The molecule has 1 aromatic carbocycles. The first-order valence-corrected chi connectivity index (χ1v) is 15.3. The minimum Gasteiger partial charge on any atom is -0.448 e. The number of nitrogens with one attached hydrogen (secondary N) is 1. The number of para-hydroxylation sites is 1. The molecule has 0 unspecified atom stereocenters. The molecule has 3 fully saturated rings. The maximum absolute atomic E-state index is 13.9. The van der Waals surface area contributed by atoms with E-state index in [-0.39, 0.29) is 43.5 Å². The highest BCUT2D eigenvalue weighted by Gasteiger charge is 2.51. The molecule has 3 aliphatic rings. The Morgan fingerprint density at radius 1 is 1.12 bits per heavy atom. The number of hydrogen-bond acceptors (Lipinski definition) is 8. The van der Waals surface area contributed by atoms with E-state index in [1.807, 2.05) is 43.0 Å². The molecule has 0 spiro atoms. The number of rotatable bonds is 10. The molecule has 0 aliphatic carbocycles. The number of likely N-dealkylation sites (tertiary alicyclic amines) is 1. The van der Waals surface area contributed by atoms with E-state index in [2.05, 4.69) is 29.4 Å². The molecule has 2 aromatic rings. The van der Waals surface area contributed by atoms with Gasteiger partial charge in [0.05, 0.1) is 24.4 Å². The summed E-state index contributed by atoms with van der Waals surface area (Å²) in [6, 6.07) is 11.6. The summed E-state index contributed by atoms with van der Waals surface area (Å²) >= 11 is 0. The second-order valence-electron chi connectivity index (χ2n) is 12.1. The van der Waals surface area contributed by atoms with Gasteiger partial charge in [0, 0.05) is 18.0 Å². The van der Waals surface area contributed by atoms with Crippen LogP contribution < -0.4 is 5.32 Å². The number of hydroxylamine groups is 2. The van der Waals surface area contributed by atoms with Gasteiger partial charge in [0.15, 0.2) is 12.8 Å². The molecule has 5 rings (SSSR count). The number of ether oxygens (including phenoxy) is 1. The summed E-state index contributed by atoms with van der Waals surface area (Å²) < 4.78 is 5.47. The van der Waals surface area contributed by atoms with Crippen molar-refractivity contribution in [3.8, 4) is 0 Å². The number of hydrogen-bond donors (Lipinski definition) is 1.